The van der Waals surface area contributed by atoms with Crippen LogP contribution >= 0.6 is 23.2 Å². The summed E-state index contributed by atoms with van der Waals surface area (Å²) in [4.78, 5) is 14.2. The number of hydrogen-bond acceptors (Lipinski definition) is 2. The van der Waals surface area contributed by atoms with Crippen molar-refractivity contribution in [2.75, 3.05) is 13.1 Å². The van der Waals surface area contributed by atoms with Crippen molar-refractivity contribution in [1.29, 1.82) is 0 Å². The Morgan fingerprint density at radius 2 is 1.83 bits per heavy atom. The third kappa shape index (κ3) is 2.97. The highest BCUT2D eigenvalue weighted by atomic mass is 35.5. The maximum absolute atomic E-state index is 12.4. The van der Waals surface area contributed by atoms with Crippen LogP contribution in [0, 0.1) is 0 Å². The molecular weight excluding hydrogens is 271 g/mol. The molecule has 98 valence electrons. The lowest BCUT2D eigenvalue weighted by Gasteiger charge is -2.36. The minimum absolute atomic E-state index is 0.00812. The van der Waals surface area contributed by atoms with Crippen LogP contribution < -0.4 is 5.32 Å². The normalized spacial score (nSPS) is 24.1. The molecule has 1 aliphatic heterocycles. The van der Waals surface area contributed by atoms with Gasteiger partial charge in [0.2, 0.25) is 0 Å². The molecule has 1 fully saturated rings. The Kier molecular flexibility index (Phi) is 4.15. The lowest BCUT2D eigenvalue weighted by atomic mass is 10.1. The van der Waals surface area contributed by atoms with E-state index in [9.17, 15) is 4.79 Å². The second-order valence-corrected chi connectivity index (χ2v) is 5.62. The summed E-state index contributed by atoms with van der Waals surface area (Å²) >= 11 is 11.8. The van der Waals surface area contributed by atoms with Crippen LogP contribution in [0.1, 0.15) is 24.2 Å². The van der Waals surface area contributed by atoms with Crippen LogP contribution in [0.5, 0.6) is 0 Å². The van der Waals surface area contributed by atoms with Gasteiger partial charge in [-0.25, -0.2) is 0 Å². The molecule has 0 saturated carbocycles. The van der Waals surface area contributed by atoms with Crippen molar-refractivity contribution < 1.29 is 4.79 Å². The number of halogens is 2. The van der Waals surface area contributed by atoms with E-state index in [0.29, 0.717) is 40.8 Å². The van der Waals surface area contributed by atoms with Crippen molar-refractivity contribution in [2.24, 2.45) is 0 Å². The fourth-order valence-corrected chi connectivity index (χ4v) is 2.60. The molecule has 1 aromatic rings. The topological polar surface area (TPSA) is 32.3 Å². The Labute approximate surface area is 117 Å². The number of piperazine rings is 1. The van der Waals surface area contributed by atoms with Crippen LogP contribution in [0.25, 0.3) is 0 Å². The molecule has 1 aliphatic rings. The molecule has 2 atom stereocenters. The van der Waals surface area contributed by atoms with Gasteiger partial charge in [-0.1, -0.05) is 23.2 Å². The summed E-state index contributed by atoms with van der Waals surface area (Å²) in [5.74, 6) is 0.00812. The van der Waals surface area contributed by atoms with Gasteiger partial charge < -0.3 is 10.2 Å². The van der Waals surface area contributed by atoms with Crippen molar-refractivity contribution in [3.63, 3.8) is 0 Å². The largest absolute Gasteiger partial charge is 0.336 e. The zero-order valence-electron chi connectivity index (χ0n) is 10.4. The van der Waals surface area contributed by atoms with Crippen LogP contribution in [0.2, 0.25) is 10.0 Å². The highest BCUT2D eigenvalue weighted by Gasteiger charge is 2.25. The van der Waals surface area contributed by atoms with E-state index in [2.05, 4.69) is 19.2 Å². The molecule has 5 heteroatoms. The van der Waals surface area contributed by atoms with Crippen LogP contribution in [0.4, 0.5) is 0 Å². The van der Waals surface area contributed by atoms with E-state index in [1.54, 1.807) is 18.2 Å². The molecule has 2 unspecified atom stereocenters. The Hall–Kier alpha value is -0.770. The third-order valence-corrected chi connectivity index (χ3v) is 3.75. The highest BCUT2D eigenvalue weighted by molar-refractivity contribution is 6.42. The van der Waals surface area contributed by atoms with Gasteiger partial charge in [0.05, 0.1) is 10.0 Å². The number of amides is 1. The van der Waals surface area contributed by atoms with Gasteiger partial charge >= 0.3 is 0 Å². The summed E-state index contributed by atoms with van der Waals surface area (Å²) in [5.41, 5.74) is 0.589. The lowest BCUT2D eigenvalue weighted by molar-refractivity contribution is 0.0674. The van der Waals surface area contributed by atoms with Gasteiger partial charge in [-0.3, -0.25) is 4.79 Å². The molecule has 1 heterocycles. The standard InChI is InChI=1S/C13H16Cl2N2O/c1-8-6-17(7-9(2)16-8)13(18)10-3-4-11(14)12(15)5-10/h3-5,8-9,16H,6-7H2,1-2H3. The number of nitrogens with one attached hydrogen (secondary N) is 1. The summed E-state index contributed by atoms with van der Waals surface area (Å²) in [6, 6.07) is 5.62. The van der Waals surface area contributed by atoms with Crippen LogP contribution in [-0.4, -0.2) is 36.0 Å². The second kappa shape index (κ2) is 5.47. The van der Waals surface area contributed by atoms with Gasteiger partial charge in [-0.2, -0.15) is 0 Å². The third-order valence-electron chi connectivity index (χ3n) is 3.01. The van der Waals surface area contributed by atoms with Crippen molar-refractivity contribution >= 4 is 29.1 Å². The van der Waals surface area contributed by atoms with Crippen molar-refractivity contribution in [3.8, 4) is 0 Å². The zero-order chi connectivity index (χ0) is 13.3. The quantitative estimate of drug-likeness (QED) is 0.861. The number of hydrogen-bond donors (Lipinski definition) is 1. The summed E-state index contributed by atoms with van der Waals surface area (Å²) in [6.45, 7) is 5.57. The first-order valence-electron chi connectivity index (χ1n) is 5.97. The first-order valence-corrected chi connectivity index (χ1v) is 6.73. The van der Waals surface area contributed by atoms with E-state index in [1.807, 2.05) is 4.90 Å². The predicted molar refractivity (Wildman–Crippen MR) is 74.4 cm³/mol. The van der Waals surface area contributed by atoms with E-state index in [-0.39, 0.29) is 5.91 Å². The van der Waals surface area contributed by atoms with Crippen LogP contribution in [0.3, 0.4) is 0 Å². The van der Waals surface area contributed by atoms with Gasteiger partial charge in [-0.15, -0.1) is 0 Å². The minimum atomic E-state index is 0.00812. The Morgan fingerprint density at radius 3 is 2.39 bits per heavy atom. The van der Waals surface area contributed by atoms with E-state index < -0.39 is 0 Å². The average molecular weight is 287 g/mol. The predicted octanol–water partition coefficient (Wildman–Crippen LogP) is 2.82. The van der Waals surface area contributed by atoms with Gasteiger partial charge in [-0.05, 0) is 32.0 Å². The number of carbonyl (C=O) groups excluding carboxylic acids is 1. The van der Waals surface area contributed by atoms with Gasteiger partial charge in [0, 0.05) is 30.7 Å². The molecule has 3 nitrogen and oxygen atoms in total. The Bertz CT molecular complexity index is 454. The van der Waals surface area contributed by atoms with Gasteiger partial charge in [0.25, 0.3) is 5.91 Å². The lowest BCUT2D eigenvalue weighted by Crippen LogP contribution is -2.55. The van der Waals surface area contributed by atoms with Gasteiger partial charge in [0.15, 0.2) is 0 Å². The number of benzene rings is 1. The molecule has 1 amide bonds. The molecule has 0 aromatic heterocycles. The molecular formula is C13H16Cl2N2O. The summed E-state index contributed by atoms with van der Waals surface area (Å²) < 4.78 is 0. The first kappa shape index (κ1) is 13.7. The fraction of sp³-hybridized carbons (Fsp3) is 0.462. The minimum Gasteiger partial charge on any atom is -0.336 e. The van der Waals surface area contributed by atoms with E-state index in [0.717, 1.165) is 0 Å². The van der Waals surface area contributed by atoms with E-state index >= 15 is 0 Å². The molecule has 1 saturated heterocycles. The van der Waals surface area contributed by atoms with Crippen molar-refractivity contribution in [1.82, 2.24) is 10.2 Å². The molecule has 0 bridgehead atoms. The molecule has 0 radical (unpaired) electrons. The van der Waals surface area contributed by atoms with E-state index in [4.69, 9.17) is 23.2 Å². The maximum Gasteiger partial charge on any atom is 0.254 e. The summed E-state index contributed by atoms with van der Waals surface area (Å²) in [6.07, 6.45) is 0. The van der Waals surface area contributed by atoms with E-state index in [1.165, 1.54) is 0 Å². The van der Waals surface area contributed by atoms with Crippen LogP contribution in [-0.2, 0) is 0 Å². The molecule has 0 aliphatic carbocycles. The zero-order valence-corrected chi connectivity index (χ0v) is 11.9. The second-order valence-electron chi connectivity index (χ2n) is 4.81. The fourth-order valence-electron chi connectivity index (χ4n) is 2.30. The average Bonchev–Trinajstić information content (AvgIpc) is 2.30. The first-order chi connectivity index (χ1) is 8.47. The molecule has 18 heavy (non-hydrogen) atoms. The number of nitrogens with zero attached hydrogens (tertiary/aromatic N) is 1. The summed E-state index contributed by atoms with van der Waals surface area (Å²) in [7, 11) is 0. The molecule has 1 aromatic carbocycles. The molecule has 2 rings (SSSR count). The molecule has 0 spiro atoms. The highest BCUT2D eigenvalue weighted by Crippen LogP contribution is 2.23. The van der Waals surface area contributed by atoms with Crippen molar-refractivity contribution in [3.05, 3.63) is 33.8 Å². The monoisotopic (exact) mass is 286 g/mol. The van der Waals surface area contributed by atoms with Gasteiger partial charge in [0.1, 0.15) is 0 Å². The van der Waals surface area contributed by atoms with Crippen molar-refractivity contribution in [2.45, 2.75) is 25.9 Å². The number of rotatable bonds is 1. The van der Waals surface area contributed by atoms with Crippen LogP contribution in [0.15, 0.2) is 18.2 Å². The molecule has 1 N–H and O–H groups in total. The smallest absolute Gasteiger partial charge is 0.254 e. The number of carbonyl (C=O) groups is 1. The SMILES string of the molecule is CC1CN(C(=O)c2ccc(Cl)c(Cl)c2)CC(C)N1. The summed E-state index contributed by atoms with van der Waals surface area (Å²) in [5, 5.41) is 4.28. The maximum atomic E-state index is 12.4. The Morgan fingerprint density at radius 1 is 1.22 bits per heavy atom. The Balaban J connectivity index is 2.17.